The van der Waals surface area contributed by atoms with Crippen LogP contribution in [0.2, 0.25) is 5.02 Å². The number of hydrogen-bond donors (Lipinski definition) is 0. The Hall–Kier alpha value is -2.64. The van der Waals surface area contributed by atoms with Crippen molar-refractivity contribution in [3.63, 3.8) is 0 Å². The maximum Gasteiger partial charge on any atom is 0.282 e. The summed E-state index contributed by atoms with van der Waals surface area (Å²) in [5.41, 5.74) is 2.23. The largest absolute Gasteiger partial charge is 0.340 e. The van der Waals surface area contributed by atoms with Crippen LogP contribution < -0.4 is 4.90 Å². The van der Waals surface area contributed by atoms with E-state index in [1.807, 2.05) is 35.0 Å². The molecule has 0 saturated carbocycles. The highest BCUT2D eigenvalue weighted by molar-refractivity contribution is 6.30. The van der Waals surface area contributed by atoms with Crippen LogP contribution in [0.25, 0.3) is 11.3 Å². The number of hydrogen-bond acceptors (Lipinski definition) is 4. The Labute approximate surface area is 171 Å². The minimum atomic E-state index is -2.71. The molecule has 0 radical (unpaired) electrons. The average Bonchev–Trinajstić information content (AvgIpc) is 2.88. The molecule has 0 amide bonds. The fourth-order valence-electron chi connectivity index (χ4n) is 3.44. The zero-order valence-electron chi connectivity index (χ0n) is 15.6. The molecule has 1 aliphatic rings. The lowest BCUT2D eigenvalue weighted by molar-refractivity contribution is 0.145. The number of alkyl halides is 2. The monoisotopic (exact) mass is 418 g/mol. The van der Waals surface area contributed by atoms with Crippen LogP contribution in [0, 0.1) is 5.82 Å². The van der Waals surface area contributed by atoms with Gasteiger partial charge in [0.1, 0.15) is 11.5 Å². The van der Waals surface area contributed by atoms with Gasteiger partial charge in [0.05, 0.1) is 5.69 Å². The van der Waals surface area contributed by atoms with Crippen molar-refractivity contribution >= 4 is 23.0 Å². The van der Waals surface area contributed by atoms with Gasteiger partial charge in [-0.05, 0) is 55.6 Å². The summed E-state index contributed by atoms with van der Waals surface area (Å²) in [4.78, 5) is 4.08. The molecule has 0 bridgehead atoms. The zero-order chi connectivity index (χ0) is 20.5. The molecular weight excluding hydrogens is 401 g/mol. The lowest BCUT2D eigenvalue weighted by Crippen LogP contribution is -2.26. The highest BCUT2D eigenvalue weighted by Gasteiger charge is 2.25. The van der Waals surface area contributed by atoms with Crippen LogP contribution in [-0.2, 0) is 6.54 Å². The number of anilines is 2. The van der Waals surface area contributed by atoms with Gasteiger partial charge in [0, 0.05) is 47.2 Å². The third-order valence-electron chi connectivity index (χ3n) is 4.97. The van der Waals surface area contributed by atoms with Gasteiger partial charge in [0.25, 0.3) is 6.43 Å². The Morgan fingerprint density at radius 3 is 2.38 bits per heavy atom. The predicted octanol–water partition coefficient (Wildman–Crippen LogP) is 5.46. The summed E-state index contributed by atoms with van der Waals surface area (Å²) in [6.45, 7) is 1.85. The second-order valence-electron chi connectivity index (χ2n) is 6.93. The fraction of sp³-hybridized carbons (Fsp3) is 0.238. The first-order valence-electron chi connectivity index (χ1n) is 9.09. The molecule has 29 heavy (non-hydrogen) atoms. The normalized spacial score (nSPS) is 14.8. The third kappa shape index (κ3) is 3.93. The summed E-state index contributed by atoms with van der Waals surface area (Å²) in [5, 5.41) is 7.94. The molecule has 0 spiro atoms. The molecular formula is C21H18ClF3N4. The Balaban J connectivity index is 1.78. The molecule has 0 N–H and O–H groups in total. The molecule has 1 aliphatic heterocycles. The van der Waals surface area contributed by atoms with Crippen molar-refractivity contribution in [2.24, 2.45) is 0 Å². The van der Waals surface area contributed by atoms with Crippen LogP contribution in [0.1, 0.15) is 17.7 Å². The number of halogens is 4. The summed E-state index contributed by atoms with van der Waals surface area (Å²) >= 11 is 6.00. The Kier molecular flexibility index (Phi) is 5.43. The van der Waals surface area contributed by atoms with Gasteiger partial charge in [0.15, 0.2) is 0 Å². The summed E-state index contributed by atoms with van der Waals surface area (Å²) in [5.74, 6) is -0.422. The lowest BCUT2D eigenvalue weighted by atomic mass is 10.0. The number of nitrogens with zero attached hydrogens (tertiary/aromatic N) is 4. The van der Waals surface area contributed by atoms with Gasteiger partial charge in [-0.2, -0.15) is 0 Å². The van der Waals surface area contributed by atoms with E-state index in [2.05, 4.69) is 10.2 Å². The summed E-state index contributed by atoms with van der Waals surface area (Å²) in [6, 6.07) is 13.4. The van der Waals surface area contributed by atoms with Crippen molar-refractivity contribution in [1.82, 2.24) is 15.1 Å². The predicted molar refractivity (Wildman–Crippen MR) is 107 cm³/mol. The molecule has 0 saturated heterocycles. The summed E-state index contributed by atoms with van der Waals surface area (Å²) in [7, 11) is 1.93. The van der Waals surface area contributed by atoms with E-state index < -0.39 is 17.9 Å². The van der Waals surface area contributed by atoms with E-state index >= 15 is 4.39 Å². The molecule has 2 aromatic carbocycles. The first-order chi connectivity index (χ1) is 13.9. The van der Waals surface area contributed by atoms with Gasteiger partial charge in [-0.3, -0.25) is 0 Å². The Bertz CT molecular complexity index is 1010. The fourth-order valence-corrected chi connectivity index (χ4v) is 3.57. The number of benzene rings is 2. The van der Waals surface area contributed by atoms with E-state index in [1.165, 1.54) is 12.1 Å². The van der Waals surface area contributed by atoms with Crippen LogP contribution in [0.4, 0.5) is 24.5 Å². The standard InChI is InChI=1S/C21H18ClF3N4/c1-28-10-11-29(14-4-2-13(22)3-5-14)19-9-6-15(20(23)16(19)12-28)17-7-8-18(21(24)25)27-26-17/h2-9,21H,10-12H2,1H3. The Morgan fingerprint density at radius 2 is 1.72 bits per heavy atom. The average molecular weight is 419 g/mol. The van der Waals surface area contributed by atoms with Crippen molar-refractivity contribution in [2.75, 3.05) is 25.0 Å². The lowest BCUT2D eigenvalue weighted by Gasteiger charge is -2.25. The molecule has 0 aliphatic carbocycles. The van der Waals surface area contributed by atoms with Gasteiger partial charge in [-0.15, -0.1) is 10.2 Å². The van der Waals surface area contributed by atoms with E-state index in [4.69, 9.17) is 11.6 Å². The first-order valence-corrected chi connectivity index (χ1v) is 9.47. The van der Waals surface area contributed by atoms with E-state index in [1.54, 1.807) is 18.2 Å². The maximum absolute atomic E-state index is 15.5. The quantitative estimate of drug-likeness (QED) is 0.565. The number of aromatic nitrogens is 2. The Morgan fingerprint density at radius 1 is 0.966 bits per heavy atom. The topological polar surface area (TPSA) is 32.3 Å². The van der Waals surface area contributed by atoms with Gasteiger partial charge in [-0.1, -0.05) is 11.6 Å². The smallest absolute Gasteiger partial charge is 0.282 e. The van der Waals surface area contributed by atoms with Gasteiger partial charge in [0.2, 0.25) is 0 Å². The third-order valence-corrected chi connectivity index (χ3v) is 5.22. The zero-order valence-corrected chi connectivity index (χ0v) is 16.4. The molecule has 0 fully saturated rings. The molecule has 3 aromatic rings. The molecule has 150 valence electrons. The minimum absolute atomic E-state index is 0.222. The maximum atomic E-state index is 15.5. The molecule has 0 atom stereocenters. The second-order valence-corrected chi connectivity index (χ2v) is 7.37. The molecule has 1 aromatic heterocycles. The number of likely N-dealkylation sites (N-methyl/N-ethyl adjacent to an activating group) is 1. The molecule has 2 heterocycles. The first kappa shape index (κ1) is 19.7. The number of rotatable bonds is 3. The SMILES string of the molecule is CN1CCN(c2ccc(Cl)cc2)c2ccc(-c3ccc(C(F)F)nn3)c(F)c2C1. The molecule has 4 rings (SSSR count). The minimum Gasteiger partial charge on any atom is -0.340 e. The van der Waals surface area contributed by atoms with Gasteiger partial charge in [-0.25, -0.2) is 13.2 Å². The van der Waals surface area contributed by atoms with Crippen LogP contribution in [0.5, 0.6) is 0 Å². The molecule has 8 heteroatoms. The van der Waals surface area contributed by atoms with Crippen LogP contribution in [0.3, 0.4) is 0 Å². The highest BCUT2D eigenvalue weighted by Crippen LogP contribution is 2.37. The van der Waals surface area contributed by atoms with E-state index in [9.17, 15) is 8.78 Å². The van der Waals surface area contributed by atoms with Gasteiger partial charge >= 0.3 is 0 Å². The summed E-state index contributed by atoms with van der Waals surface area (Å²) < 4.78 is 41.0. The van der Waals surface area contributed by atoms with Crippen molar-refractivity contribution in [3.8, 4) is 11.3 Å². The van der Waals surface area contributed by atoms with E-state index in [0.717, 1.165) is 17.9 Å². The highest BCUT2D eigenvalue weighted by atomic mass is 35.5. The van der Waals surface area contributed by atoms with E-state index in [0.29, 0.717) is 23.7 Å². The van der Waals surface area contributed by atoms with E-state index in [-0.39, 0.29) is 11.3 Å². The molecule has 4 nitrogen and oxygen atoms in total. The van der Waals surface area contributed by atoms with Crippen molar-refractivity contribution in [1.29, 1.82) is 0 Å². The van der Waals surface area contributed by atoms with Crippen LogP contribution in [-0.4, -0.2) is 35.2 Å². The van der Waals surface area contributed by atoms with Crippen LogP contribution >= 0.6 is 11.6 Å². The second kappa shape index (κ2) is 8.00. The van der Waals surface area contributed by atoms with Crippen molar-refractivity contribution in [2.45, 2.75) is 13.0 Å². The number of fused-ring (bicyclic) bond motifs is 1. The van der Waals surface area contributed by atoms with Crippen molar-refractivity contribution < 1.29 is 13.2 Å². The van der Waals surface area contributed by atoms with Crippen molar-refractivity contribution in [3.05, 3.63) is 70.6 Å². The summed E-state index contributed by atoms with van der Waals surface area (Å²) in [6.07, 6.45) is -2.71. The van der Waals surface area contributed by atoms with Gasteiger partial charge < -0.3 is 9.80 Å². The molecule has 0 unspecified atom stereocenters. The van der Waals surface area contributed by atoms with Crippen LogP contribution in [0.15, 0.2) is 48.5 Å².